The molecule has 0 bridgehead atoms. The van der Waals surface area contributed by atoms with Gasteiger partial charge in [0.25, 0.3) is 11.5 Å². The van der Waals surface area contributed by atoms with E-state index in [4.69, 9.17) is 23.2 Å². The Kier molecular flexibility index (Phi) is 4.97. The molecule has 8 nitrogen and oxygen atoms in total. The van der Waals surface area contributed by atoms with Gasteiger partial charge in [0.15, 0.2) is 5.65 Å². The van der Waals surface area contributed by atoms with Crippen molar-refractivity contribution in [3.05, 3.63) is 50.4 Å². The van der Waals surface area contributed by atoms with Crippen LogP contribution in [0.3, 0.4) is 0 Å². The number of carbonyl (C=O) groups excluding carboxylic acids is 1. The molecule has 0 radical (unpaired) electrons. The fourth-order valence-electron chi connectivity index (χ4n) is 2.62. The van der Waals surface area contributed by atoms with E-state index in [-0.39, 0.29) is 34.4 Å². The molecule has 10 heteroatoms. The van der Waals surface area contributed by atoms with E-state index >= 15 is 0 Å². The van der Waals surface area contributed by atoms with E-state index in [1.165, 1.54) is 27.8 Å². The van der Waals surface area contributed by atoms with Gasteiger partial charge in [-0.1, -0.05) is 23.2 Å². The van der Waals surface area contributed by atoms with Crippen molar-refractivity contribution in [3.8, 4) is 0 Å². The number of nitrogens with zero attached hydrogens (tertiary/aromatic N) is 5. The van der Waals surface area contributed by atoms with E-state index in [0.29, 0.717) is 22.2 Å². The summed E-state index contributed by atoms with van der Waals surface area (Å²) in [6.45, 7) is 3.74. The van der Waals surface area contributed by atoms with Crippen molar-refractivity contribution in [1.82, 2.24) is 29.6 Å². The number of fused-ring (bicyclic) bond motifs is 1. The third-order valence-electron chi connectivity index (χ3n) is 3.99. The SMILES string of the molecule is Cc1c(C(=O)NC(C)Cn2cnc3c(cnn3C)c2=O)cc(Cl)nc1Cl. The second-order valence-corrected chi connectivity index (χ2v) is 6.74. The molecule has 1 N–H and O–H groups in total. The Labute approximate surface area is 158 Å². The zero-order valence-corrected chi connectivity index (χ0v) is 15.8. The van der Waals surface area contributed by atoms with Crippen LogP contribution in [0.25, 0.3) is 11.0 Å². The fourth-order valence-corrected chi connectivity index (χ4v) is 3.05. The number of hydrogen-bond donors (Lipinski definition) is 1. The monoisotopic (exact) mass is 394 g/mol. The summed E-state index contributed by atoms with van der Waals surface area (Å²) in [4.78, 5) is 33.1. The third-order valence-corrected chi connectivity index (χ3v) is 4.55. The predicted molar refractivity (Wildman–Crippen MR) is 98.7 cm³/mol. The highest BCUT2D eigenvalue weighted by molar-refractivity contribution is 6.33. The van der Waals surface area contributed by atoms with Crippen LogP contribution in [0.5, 0.6) is 0 Å². The number of aryl methyl sites for hydroxylation is 1. The van der Waals surface area contributed by atoms with Crippen LogP contribution >= 0.6 is 23.2 Å². The maximum Gasteiger partial charge on any atom is 0.264 e. The molecule has 136 valence electrons. The summed E-state index contributed by atoms with van der Waals surface area (Å²) in [7, 11) is 1.72. The third kappa shape index (κ3) is 3.42. The number of amides is 1. The molecule has 3 aromatic rings. The van der Waals surface area contributed by atoms with Gasteiger partial charge in [-0.3, -0.25) is 18.8 Å². The van der Waals surface area contributed by atoms with Crippen LogP contribution in [0.1, 0.15) is 22.8 Å². The maximum absolute atomic E-state index is 12.5. The largest absolute Gasteiger partial charge is 0.348 e. The smallest absolute Gasteiger partial charge is 0.264 e. The predicted octanol–water partition coefficient (Wildman–Crippen LogP) is 1.96. The maximum atomic E-state index is 12.5. The quantitative estimate of drug-likeness (QED) is 0.682. The fraction of sp³-hybridized carbons (Fsp3) is 0.312. The minimum Gasteiger partial charge on any atom is -0.348 e. The van der Waals surface area contributed by atoms with Gasteiger partial charge in [0.2, 0.25) is 0 Å². The summed E-state index contributed by atoms with van der Waals surface area (Å²) in [6, 6.07) is 1.13. The lowest BCUT2D eigenvalue weighted by Crippen LogP contribution is -2.38. The number of pyridine rings is 1. The Balaban J connectivity index is 1.79. The Morgan fingerprint density at radius 1 is 1.38 bits per heavy atom. The summed E-state index contributed by atoms with van der Waals surface area (Å²) in [5.41, 5.74) is 1.18. The highest BCUT2D eigenvalue weighted by atomic mass is 35.5. The molecule has 1 amide bonds. The number of rotatable bonds is 4. The van der Waals surface area contributed by atoms with Crippen LogP contribution in [-0.2, 0) is 13.6 Å². The lowest BCUT2D eigenvalue weighted by Gasteiger charge is -2.16. The first-order chi connectivity index (χ1) is 12.3. The summed E-state index contributed by atoms with van der Waals surface area (Å²) in [6.07, 6.45) is 2.93. The number of aromatic nitrogens is 5. The summed E-state index contributed by atoms with van der Waals surface area (Å²) < 4.78 is 2.97. The van der Waals surface area contributed by atoms with Gasteiger partial charge in [0, 0.05) is 25.2 Å². The molecule has 0 aliphatic rings. The van der Waals surface area contributed by atoms with Gasteiger partial charge in [-0.2, -0.15) is 5.10 Å². The zero-order valence-electron chi connectivity index (χ0n) is 14.3. The molecule has 3 heterocycles. The van der Waals surface area contributed by atoms with E-state index in [9.17, 15) is 9.59 Å². The van der Waals surface area contributed by atoms with Crippen LogP contribution < -0.4 is 10.9 Å². The average Bonchev–Trinajstić information content (AvgIpc) is 2.95. The molecule has 0 saturated carbocycles. The van der Waals surface area contributed by atoms with Crippen molar-refractivity contribution in [3.63, 3.8) is 0 Å². The first-order valence-corrected chi connectivity index (χ1v) is 8.54. The Hall–Kier alpha value is -2.45. The molecule has 0 aromatic carbocycles. The second kappa shape index (κ2) is 7.05. The standard InChI is InChI=1S/C16H16Cl2N6O2/c1-8(21-15(25)10-4-12(17)22-13(18)9(10)2)6-24-7-19-14-11(16(24)26)5-20-23(14)3/h4-5,7-8H,6H2,1-3H3,(H,21,25). The molecule has 3 aromatic heterocycles. The highest BCUT2D eigenvalue weighted by Gasteiger charge is 2.17. The molecular weight excluding hydrogens is 379 g/mol. The van der Waals surface area contributed by atoms with Gasteiger partial charge in [0.1, 0.15) is 22.0 Å². The Morgan fingerprint density at radius 2 is 2.12 bits per heavy atom. The molecule has 0 spiro atoms. The topological polar surface area (TPSA) is 94.7 Å². The molecule has 1 atom stereocenters. The van der Waals surface area contributed by atoms with Gasteiger partial charge in [-0.15, -0.1) is 0 Å². The molecule has 3 rings (SSSR count). The van der Waals surface area contributed by atoms with Crippen LogP contribution in [0.15, 0.2) is 23.4 Å². The van der Waals surface area contributed by atoms with Crippen LogP contribution in [0.2, 0.25) is 10.3 Å². The van der Waals surface area contributed by atoms with Crippen molar-refractivity contribution in [1.29, 1.82) is 0 Å². The minimum atomic E-state index is -0.343. The van der Waals surface area contributed by atoms with Crippen LogP contribution in [0, 0.1) is 6.92 Å². The van der Waals surface area contributed by atoms with Gasteiger partial charge in [0.05, 0.1) is 6.20 Å². The first-order valence-electron chi connectivity index (χ1n) is 7.78. The minimum absolute atomic E-state index is 0.140. The molecule has 26 heavy (non-hydrogen) atoms. The summed E-state index contributed by atoms with van der Waals surface area (Å²) in [5.74, 6) is -0.343. The Morgan fingerprint density at radius 3 is 2.85 bits per heavy atom. The number of halogens is 2. The average molecular weight is 395 g/mol. The van der Waals surface area contributed by atoms with Crippen molar-refractivity contribution in [2.24, 2.45) is 7.05 Å². The Bertz CT molecular complexity index is 1060. The van der Waals surface area contributed by atoms with Gasteiger partial charge in [-0.05, 0) is 25.5 Å². The van der Waals surface area contributed by atoms with E-state index in [0.717, 1.165) is 0 Å². The van der Waals surface area contributed by atoms with E-state index in [2.05, 4.69) is 20.4 Å². The van der Waals surface area contributed by atoms with Crippen molar-refractivity contribution in [2.45, 2.75) is 26.4 Å². The molecule has 0 fully saturated rings. The van der Waals surface area contributed by atoms with Crippen molar-refractivity contribution < 1.29 is 4.79 Å². The lowest BCUT2D eigenvalue weighted by atomic mass is 10.1. The van der Waals surface area contributed by atoms with Crippen molar-refractivity contribution in [2.75, 3.05) is 0 Å². The summed E-state index contributed by atoms with van der Waals surface area (Å²) >= 11 is 11.8. The van der Waals surface area contributed by atoms with Gasteiger partial charge < -0.3 is 5.32 Å². The van der Waals surface area contributed by atoms with Crippen molar-refractivity contribution >= 4 is 40.1 Å². The van der Waals surface area contributed by atoms with Gasteiger partial charge in [-0.25, -0.2) is 9.97 Å². The molecule has 0 aliphatic heterocycles. The highest BCUT2D eigenvalue weighted by Crippen LogP contribution is 2.21. The van der Waals surface area contributed by atoms with E-state index in [1.807, 2.05) is 0 Å². The van der Waals surface area contributed by atoms with Gasteiger partial charge >= 0.3 is 0 Å². The number of nitrogens with one attached hydrogen (secondary N) is 1. The second-order valence-electron chi connectivity index (χ2n) is 5.99. The molecular formula is C16H16Cl2N6O2. The van der Waals surface area contributed by atoms with Crippen LogP contribution in [-0.4, -0.2) is 36.3 Å². The lowest BCUT2D eigenvalue weighted by molar-refractivity contribution is 0.0935. The first kappa shape index (κ1) is 18.3. The van der Waals surface area contributed by atoms with E-state index < -0.39 is 0 Å². The zero-order chi connectivity index (χ0) is 19.0. The molecule has 0 aliphatic carbocycles. The van der Waals surface area contributed by atoms with E-state index in [1.54, 1.807) is 20.9 Å². The molecule has 1 unspecified atom stereocenters. The molecule has 0 saturated heterocycles. The van der Waals surface area contributed by atoms with Crippen LogP contribution in [0.4, 0.5) is 0 Å². The number of hydrogen-bond acceptors (Lipinski definition) is 5. The normalized spacial score (nSPS) is 12.3. The number of carbonyl (C=O) groups is 1. The summed E-state index contributed by atoms with van der Waals surface area (Å²) in [5, 5.41) is 7.61.